The molecule has 0 aromatic rings. The summed E-state index contributed by atoms with van der Waals surface area (Å²) in [4.78, 5) is 11.7. The third-order valence-electron chi connectivity index (χ3n) is 3.37. The minimum Gasteiger partial charge on any atom is -0.345 e. The second kappa shape index (κ2) is 2.84. The van der Waals surface area contributed by atoms with Gasteiger partial charge < -0.3 is 5.32 Å². The largest absolute Gasteiger partial charge is 0.345 e. The number of amides is 1. The molecule has 1 fully saturated rings. The van der Waals surface area contributed by atoms with Crippen molar-refractivity contribution in [2.45, 2.75) is 25.3 Å². The zero-order valence-electron chi connectivity index (χ0n) is 7.99. The molecule has 2 unspecified atom stereocenters. The molecule has 1 amide bonds. The summed E-state index contributed by atoms with van der Waals surface area (Å²) in [7, 11) is 0. The molecule has 2 nitrogen and oxygen atoms in total. The first kappa shape index (κ1) is 8.04. The summed E-state index contributed by atoms with van der Waals surface area (Å²) in [5.41, 5.74) is 2.73. The molecular weight excluding hydrogens is 174 g/mol. The van der Waals surface area contributed by atoms with Gasteiger partial charge in [-0.1, -0.05) is 29.9 Å². The molecule has 3 aliphatic rings. The maximum absolute atomic E-state index is 11.7. The molecule has 0 aromatic carbocycles. The van der Waals surface area contributed by atoms with Crippen LogP contribution in [0.4, 0.5) is 0 Å². The van der Waals surface area contributed by atoms with E-state index in [1.165, 1.54) is 17.6 Å². The molecule has 1 saturated carbocycles. The monoisotopic (exact) mass is 187 g/mol. The second-order valence-electron chi connectivity index (χ2n) is 4.16. The highest BCUT2D eigenvalue weighted by Crippen LogP contribution is 2.38. The lowest BCUT2D eigenvalue weighted by Crippen LogP contribution is -2.43. The van der Waals surface area contributed by atoms with Crippen LogP contribution >= 0.6 is 0 Å². The Labute approximate surface area is 83.4 Å². The maximum Gasteiger partial charge on any atom is 0.227 e. The number of hydrogen-bond acceptors (Lipinski definition) is 1. The molecule has 2 heteroatoms. The predicted molar refractivity (Wildman–Crippen MR) is 54.6 cm³/mol. The van der Waals surface area contributed by atoms with Gasteiger partial charge in [0.15, 0.2) is 0 Å². The van der Waals surface area contributed by atoms with Crippen molar-refractivity contribution in [2.24, 2.45) is 5.92 Å². The van der Waals surface area contributed by atoms with Crippen LogP contribution in [0.1, 0.15) is 19.3 Å². The Morgan fingerprint density at radius 3 is 3.21 bits per heavy atom. The van der Waals surface area contributed by atoms with Crippen LogP contribution in [0.2, 0.25) is 0 Å². The van der Waals surface area contributed by atoms with E-state index in [1.54, 1.807) is 0 Å². The van der Waals surface area contributed by atoms with Crippen LogP contribution in [-0.2, 0) is 4.79 Å². The molecule has 2 atom stereocenters. The average Bonchev–Trinajstić information content (AvgIpc) is 2.67. The van der Waals surface area contributed by atoms with E-state index in [1.807, 2.05) is 6.08 Å². The number of allylic oxidation sites excluding steroid dienone is 2. The van der Waals surface area contributed by atoms with Gasteiger partial charge in [0.05, 0.1) is 12.0 Å². The zero-order valence-corrected chi connectivity index (χ0v) is 7.99. The number of hydrogen-bond donors (Lipinski definition) is 1. The Balaban J connectivity index is 2.11. The first-order valence-electron chi connectivity index (χ1n) is 5.24. The first-order chi connectivity index (χ1) is 6.86. The van der Waals surface area contributed by atoms with Crippen LogP contribution in [0, 0.1) is 5.92 Å². The van der Waals surface area contributed by atoms with Crippen LogP contribution in [-0.4, -0.2) is 11.9 Å². The lowest BCUT2D eigenvalue weighted by Gasteiger charge is -2.29. The molecule has 72 valence electrons. The number of carbonyl (C=O) groups excluding carboxylic acids is 1. The lowest BCUT2D eigenvalue weighted by atomic mass is 9.86. The van der Waals surface area contributed by atoms with Crippen molar-refractivity contribution in [3.05, 3.63) is 35.5 Å². The summed E-state index contributed by atoms with van der Waals surface area (Å²) in [5.74, 6) is 0.406. The molecule has 3 rings (SSSR count). The summed E-state index contributed by atoms with van der Waals surface area (Å²) in [6.45, 7) is 0. The second-order valence-corrected chi connectivity index (χ2v) is 4.16. The van der Waals surface area contributed by atoms with E-state index in [2.05, 4.69) is 23.5 Å². The molecule has 2 aliphatic carbocycles. The highest BCUT2D eigenvalue weighted by atomic mass is 16.2. The third-order valence-corrected chi connectivity index (χ3v) is 3.37. The van der Waals surface area contributed by atoms with Crippen molar-refractivity contribution >= 4 is 5.91 Å². The van der Waals surface area contributed by atoms with Crippen molar-refractivity contribution in [3.63, 3.8) is 0 Å². The van der Waals surface area contributed by atoms with Crippen LogP contribution in [0.25, 0.3) is 0 Å². The van der Waals surface area contributed by atoms with Crippen molar-refractivity contribution in [2.75, 3.05) is 0 Å². The molecule has 0 radical (unpaired) electrons. The van der Waals surface area contributed by atoms with Crippen molar-refractivity contribution in [3.8, 4) is 0 Å². The Morgan fingerprint density at radius 2 is 2.29 bits per heavy atom. The van der Waals surface area contributed by atoms with E-state index in [0.717, 1.165) is 12.8 Å². The van der Waals surface area contributed by atoms with Gasteiger partial charge >= 0.3 is 0 Å². The predicted octanol–water partition coefficient (Wildman–Crippen LogP) is 1.71. The molecule has 14 heavy (non-hydrogen) atoms. The minimum absolute atomic E-state index is 0.150. The van der Waals surface area contributed by atoms with E-state index in [4.69, 9.17) is 0 Å². The summed E-state index contributed by atoms with van der Waals surface area (Å²) in [6, 6.07) is 0.150. The number of rotatable bonds is 0. The van der Waals surface area contributed by atoms with Gasteiger partial charge in [0.25, 0.3) is 0 Å². The zero-order chi connectivity index (χ0) is 9.54. The Bertz CT molecular complexity index is 376. The van der Waals surface area contributed by atoms with Gasteiger partial charge in [-0.05, 0) is 24.8 Å². The van der Waals surface area contributed by atoms with Crippen LogP contribution < -0.4 is 5.32 Å². The maximum atomic E-state index is 11.7. The van der Waals surface area contributed by atoms with Gasteiger partial charge in [-0.2, -0.15) is 0 Å². The summed E-state index contributed by atoms with van der Waals surface area (Å²) >= 11 is 0. The van der Waals surface area contributed by atoms with E-state index < -0.39 is 0 Å². The fraction of sp³-hybridized carbons (Fsp3) is 0.417. The van der Waals surface area contributed by atoms with Gasteiger partial charge in [0.2, 0.25) is 5.91 Å². The Morgan fingerprint density at radius 1 is 1.36 bits per heavy atom. The van der Waals surface area contributed by atoms with Crippen LogP contribution in [0.15, 0.2) is 35.5 Å². The normalized spacial score (nSPS) is 34.1. The highest BCUT2D eigenvalue weighted by molar-refractivity contribution is 5.85. The van der Waals surface area contributed by atoms with E-state index in [0.29, 0.717) is 0 Å². The number of fused-ring (bicyclic) bond motifs is 2. The fourth-order valence-electron chi connectivity index (χ4n) is 2.71. The van der Waals surface area contributed by atoms with Crippen LogP contribution in [0.5, 0.6) is 0 Å². The standard InChI is InChI=1S/C12H13NO/c14-12-10-6-3-5-8(10)9-4-1-2-7-11(9)13-12/h1-2,4,7,10-11H,3,5-6H2,(H,13,14). The molecule has 1 N–H and O–H groups in total. The van der Waals surface area contributed by atoms with Crippen molar-refractivity contribution in [1.29, 1.82) is 0 Å². The van der Waals surface area contributed by atoms with Crippen LogP contribution in [0.3, 0.4) is 0 Å². The average molecular weight is 187 g/mol. The van der Waals surface area contributed by atoms with E-state index in [-0.39, 0.29) is 17.9 Å². The van der Waals surface area contributed by atoms with Gasteiger partial charge in [-0.3, -0.25) is 4.79 Å². The molecule has 0 bridgehead atoms. The molecule has 0 spiro atoms. The smallest absolute Gasteiger partial charge is 0.227 e. The minimum atomic E-state index is 0.150. The van der Waals surface area contributed by atoms with E-state index >= 15 is 0 Å². The summed E-state index contributed by atoms with van der Waals surface area (Å²) in [5, 5.41) is 3.05. The quantitative estimate of drug-likeness (QED) is 0.614. The number of carbonyl (C=O) groups is 1. The van der Waals surface area contributed by atoms with Gasteiger partial charge in [0, 0.05) is 0 Å². The summed E-state index contributed by atoms with van der Waals surface area (Å²) < 4.78 is 0. The van der Waals surface area contributed by atoms with E-state index in [9.17, 15) is 4.79 Å². The lowest BCUT2D eigenvalue weighted by molar-refractivity contribution is -0.124. The molecule has 0 saturated heterocycles. The number of nitrogens with one attached hydrogen (secondary N) is 1. The van der Waals surface area contributed by atoms with Crippen molar-refractivity contribution < 1.29 is 4.79 Å². The third kappa shape index (κ3) is 0.999. The Kier molecular flexibility index (Phi) is 1.63. The fourth-order valence-corrected chi connectivity index (χ4v) is 2.71. The van der Waals surface area contributed by atoms with Crippen molar-refractivity contribution in [1.82, 2.24) is 5.32 Å². The Hall–Kier alpha value is -1.31. The molecule has 0 aromatic heterocycles. The van der Waals surface area contributed by atoms with Gasteiger partial charge in [0.1, 0.15) is 0 Å². The highest BCUT2D eigenvalue weighted by Gasteiger charge is 2.36. The molecular formula is C12H13NO. The van der Waals surface area contributed by atoms with Gasteiger partial charge in [-0.15, -0.1) is 0 Å². The topological polar surface area (TPSA) is 29.1 Å². The molecule has 1 aliphatic heterocycles. The van der Waals surface area contributed by atoms with Gasteiger partial charge in [-0.25, -0.2) is 0 Å². The molecule has 1 heterocycles. The SMILES string of the molecule is O=C1NC2C=CC=CC2=C2CCCC12. The first-order valence-corrected chi connectivity index (χ1v) is 5.24. The summed E-state index contributed by atoms with van der Waals surface area (Å²) in [6.07, 6.45) is 11.6.